The number of aromatic nitrogens is 6. The summed E-state index contributed by atoms with van der Waals surface area (Å²) in [5.41, 5.74) is 3.61. The van der Waals surface area contributed by atoms with E-state index in [2.05, 4.69) is 37.9 Å². The fourth-order valence-electron chi connectivity index (χ4n) is 3.24. The summed E-state index contributed by atoms with van der Waals surface area (Å²) in [6, 6.07) is 5.80. The van der Waals surface area contributed by atoms with E-state index >= 15 is 0 Å². The second-order valence-corrected chi connectivity index (χ2v) is 6.52. The standard InChI is InChI=1S/C15H12ClN7OS/c16-8-2-1-4-23-11(8)6-10(21-23)13-12-9(17-7-18-12)3-5-22(13)14-19-20-15(25)24-14/h1-2,4,6-7,13H,3,5H2,(H,17,18)(H,20,25)/t13-/m1/s1. The number of nitrogens with zero attached hydrogens (tertiary/aromatic N) is 6. The molecule has 0 aromatic carbocycles. The van der Waals surface area contributed by atoms with Gasteiger partial charge in [0.15, 0.2) is 0 Å². The van der Waals surface area contributed by atoms with Crippen LogP contribution in [-0.2, 0) is 6.42 Å². The first-order chi connectivity index (χ1) is 12.2. The molecule has 0 radical (unpaired) electrons. The van der Waals surface area contributed by atoms with Gasteiger partial charge in [0.25, 0.3) is 5.22 Å². The van der Waals surface area contributed by atoms with Crippen LogP contribution < -0.4 is 4.90 Å². The Labute approximate surface area is 152 Å². The zero-order valence-corrected chi connectivity index (χ0v) is 14.4. The van der Waals surface area contributed by atoms with Gasteiger partial charge >= 0.3 is 6.01 Å². The normalized spacial score (nSPS) is 17.2. The van der Waals surface area contributed by atoms with Crippen molar-refractivity contribution in [3.05, 3.63) is 52.8 Å². The number of pyridine rings is 1. The average molecular weight is 374 g/mol. The molecular formula is C15H12ClN7OS. The topological polar surface area (TPSA) is 88.1 Å². The van der Waals surface area contributed by atoms with Gasteiger partial charge in [-0.25, -0.2) is 9.50 Å². The summed E-state index contributed by atoms with van der Waals surface area (Å²) in [5.74, 6) is 0. The number of halogens is 1. The Hall–Kier alpha value is -2.52. The Bertz CT molecular complexity index is 1070. The molecule has 1 atom stereocenters. The summed E-state index contributed by atoms with van der Waals surface area (Å²) in [6.45, 7) is 0.691. The number of hydrogen-bond donors (Lipinski definition) is 2. The molecule has 0 aliphatic carbocycles. The van der Waals surface area contributed by atoms with Gasteiger partial charge in [0.1, 0.15) is 6.04 Å². The maximum atomic E-state index is 6.30. The minimum absolute atomic E-state index is 0.222. The largest absolute Gasteiger partial charge is 0.398 e. The number of hydrogen-bond acceptors (Lipinski definition) is 7. The van der Waals surface area contributed by atoms with Gasteiger partial charge in [-0.3, -0.25) is 0 Å². The van der Waals surface area contributed by atoms with Crippen LogP contribution in [0.25, 0.3) is 5.52 Å². The van der Waals surface area contributed by atoms with E-state index in [-0.39, 0.29) is 11.3 Å². The highest BCUT2D eigenvalue weighted by atomic mass is 35.5. The van der Waals surface area contributed by atoms with E-state index in [0.717, 1.165) is 29.0 Å². The van der Waals surface area contributed by atoms with E-state index in [9.17, 15) is 0 Å². The Morgan fingerprint density at radius 2 is 2.28 bits per heavy atom. The summed E-state index contributed by atoms with van der Waals surface area (Å²) in [5, 5.41) is 13.5. The van der Waals surface area contributed by atoms with E-state index in [1.807, 2.05) is 29.3 Å². The molecule has 8 nitrogen and oxygen atoms in total. The summed E-state index contributed by atoms with van der Waals surface area (Å²) < 4.78 is 7.29. The second kappa shape index (κ2) is 5.50. The first-order valence-electron chi connectivity index (χ1n) is 7.66. The van der Waals surface area contributed by atoms with Gasteiger partial charge in [-0.05, 0) is 18.2 Å². The third-order valence-electron chi connectivity index (χ3n) is 4.32. The monoisotopic (exact) mass is 373 g/mol. The van der Waals surface area contributed by atoms with Crippen LogP contribution in [0.4, 0.5) is 6.01 Å². The Morgan fingerprint density at radius 3 is 3.08 bits per heavy atom. The molecule has 5 rings (SSSR count). The van der Waals surface area contributed by atoms with Crippen molar-refractivity contribution in [1.29, 1.82) is 0 Å². The van der Waals surface area contributed by atoms with Gasteiger partial charge in [0.2, 0.25) is 0 Å². The van der Waals surface area contributed by atoms with Crippen LogP contribution in [0.3, 0.4) is 0 Å². The van der Waals surface area contributed by atoms with Crippen LogP contribution in [0.5, 0.6) is 0 Å². The highest BCUT2D eigenvalue weighted by molar-refractivity contribution is 7.80. The molecule has 1 N–H and O–H groups in total. The third-order valence-corrected chi connectivity index (χ3v) is 4.82. The lowest BCUT2D eigenvalue weighted by molar-refractivity contribution is 0.432. The van der Waals surface area contributed by atoms with Crippen molar-refractivity contribution in [1.82, 2.24) is 29.8 Å². The predicted octanol–water partition coefficient (Wildman–Crippen LogP) is 2.53. The van der Waals surface area contributed by atoms with Gasteiger partial charge in [-0.2, -0.15) is 5.10 Å². The summed E-state index contributed by atoms with van der Waals surface area (Å²) in [7, 11) is 0. The average Bonchev–Trinajstić information content (AvgIpc) is 3.32. The summed E-state index contributed by atoms with van der Waals surface area (Å²) >= 11 is 10.4. The molecule has 0 bridgehead atoms. The molecule has 4 aromatic heterocycles. The highest BCUT2D eigenvalue weighted by Gasteiger charge is 2.35. The molecule has 0 fully saturated rings. The van der Waals surface area contributed by atoms with E-state index in [1.165, 1.54) is 0 Å². The van der Waals surface area contributed by atoms with Crippen LogP contribution in [0, 0.1) is 0 Å². The fourth-order valence-corrected chi connectivity index (χ4v) is 3.58. The van der Waals surface area contributed by atoms with Crippen molar-refractivity contribution >= 4 is 35.8 Å². The number of nitrogens with one attached hydrogen (secondary N) is 1. The Balaban J connectivity index is 1.69. The number of H-pyrrole nitrogens is 1. The highest BCUT2D eigenvalue weighted by Crippen LogP contribution is 2.36. The van der Waals surface area contributed by atoms with E-state index in [1.54, 1.807) is 10.8 Å². The van der Waals surface area contributed by atoms with Crippen LogP contribution in [0.15, 0.2) is 40.4 Å². The summed E-state index contributed by atoms with van der Waals surface area (Å²) in [6.07, 6.45) is 4.36. The lowest BCUT2D eigenvalue weighted by Crippen LogP contribution is -2.36. The molecule has 0 unspecified atom stereocenters. The van der Waals surface area contributed by atoms with Crippen molar-refractivity contribution in [3.8, 4) is 0 Å². The quantitative estimate of drug-likeness (QED) is 0.525. The zero-order valence-electron chi connectivity index (χ0n) is 12.8. The van der Waals surface area contributed by atoms with Crippen LogP contribution in [0.1, 0.15) is 23.1 Å². The van der Waals surface area contributed by atoms with Gasteiger partial charge in [0.05, 0.1) is 28.3 Å². The SMILES string of the molecule is Sc1nnc(N2CCc3[nH]cnc3[C@H]2c2cc3c(Cl)cccn3n2)o1. The second-order valence-electron chi connectivity index (χ2n) is 5.73. The lowest BCUT2D eigenvalue weighted by Gasteiger charge is -2.32. The van der Waals surface area contributed by atoms with Crippen LogP contribution in [-0.4, -0.2) is 36.3 Å². The fraction of sp³-hybridized carbons (Fsp3) is 0.200. The van der Waals surface area contributed by atoms with Crippen molar-refractivity contribution in [2.45, 2.75) is 17.7 Å². The number of anilines is 1. The van der Waals surface area contributed by atoms with E-state index < -0.39 is 0 Å². The van der Waals surface area contributed by atoms with Crippen molar-refractivity contribution in [3.63, 3.8) is 0 Å². The maximum absolute atomic E-state index is 6.30. The van der Waals surface area contributed by atoms with Crippen molar-refractivity contribution in [2.24, 2.45) is 0 Å². The zero-order chi connectivity index (χ0) is 17.0. The predicted molar refractivity (Wildman–Crippen MR) is 93.2 cm³/mol. The molecule has 0 saturated carbocycles. The molecule has 0 spiro atoms. The molecule has 1 aliphatic rings. The number of imidazole rings is 1. The Kier molecular flexibility index (Phi) is 3.25. The molecule has 25 heavy (non-hydrogen) atoms. The van der Waals surface area contributed by atoms with E-state index in [0.29, 0.717) is 17.6 Å². The van der Waals surface area contributed by atoms with Gasteiger partial charge in [0, 0.05) is 24.9 Å². The first kappa shape index (κ1) is 14.8. The lowest BCUT2D eigenvalue weighted by atomic mass is 10.0. The molecular weight excluding hydrogens is 362 g/mol. The van der Waals surface area contributed by atoms with Crippen LogP contribution >= 0.6 is 24.2 Å². The molecule has 0 amide bonds. The molecule has 126 valence electrons. The minimum Gasteiger partial charge on any atom is -0.398 e. The Morgan fingerprint density at radius 1 is 1.36 bits per heavy atom. The smallest absolute Gasteiger partial charge is 0.319 e. The van der Waals surface area contributed by atoms with Crippen LogP contribution in [0.2, 0.25) is 5.02 Å². The number of aromatic amines is 1. The number of rotatable bonds is 2. The third kappa shape index (κ3) is 2.30. The summed E-state index contributed by atoms with van der Waals surface area (Å²) in [4.78, 5) is 9.69. The van der Waals surface area contributed by atoms with Crippen molar-refractivity contribution < 1.29 is 4.42 Å². The minimum atomic E-state index is -0.251. The van der Waals surface area contributed by atoms with Gasteiger partial charge in [-0.1, -0.05) is 34.4 Å². The van der Waals surface area contributed by atoms with Gasteiger partial charge in [-0.15, -0.1) is 0 Å². The number of fused-ring (bicyclic) bond motifs is 2. The van der Waals surface area contributed by atoms with E-state index in [4.69, 9.17) is 16.0 Å². The molecule has 10 heteroatoms. The van der Waals surface area contributed by atoms with Crippen molar-refractivity contribution in [2.75, 3.05) is 11.4 Å². The molecule has 1 aliphatic heterocycles. The maximum Gasteiger partial charge on any atom is 0.319 e. The number of thiol groups is 1. The molecule has 0 saturated heterocycles. The molecule has 4 aromatic rings. The van der Waals surface area contributed by atoms with Gasteiger partial charge < -0.3 is 14.3 Å². The first-order valence-corrected chi connectivity index (χ1v) is 8.48. The molecule has 5 heterocycles.